The molecule has 116 valence electrons. The summed E-state index contributed by atoms with van der Waals surface area (Å²) in [6, 6.07) is -0.570. The zero-order valence-corrected chi connectivity index (χ0v) is 12.6. The van der Waals surface area contributed by atoms with Crippen LogP contribution in [0.2, 0.25) is 0 Å². The maximum Gasteiger partial charge on any atom is 0.326 e. The highest BCUT2D eigenvalue weighted by atomic mass is 16.4. The molecule has 5 fully saturated rings. The second-order valence-electron chi connectivity index (χ2n) is 8.05. The average molecular weight is 291 g/mol. The van der Waals surface area contributed by atoms with Crippen LogP contribution in [-0.4, -0.2) is 34.5 Å². The van der Waals surface area contributed by atoms with Crippen molar-refractivity contribution in [1.82, 2.24) is 4.90 Å². The van der Waals surface area contributed by atoms with Crippen LogP contribution in [0.4, 0.5) is 0 Å². The number of amides is 1. The van der Waals surface area contributed by atoms with Crippen molar-refractivity contribution in [3.05, 3.63) is 0 Å². The number of aliphatic carboxylic acids is 1. The molecule has 1 N–H and O–H groups in total. The molecule has 4 saturated carbocycles. The van der Waals surface area contributed by atoms with Crippen molar-refractivity contribution in [1.29, 1.82) is 0 Å². The minimum Gasteiger partial charge on any atom is -0.480 e. The van der Waals surface area contributed by atoms with E-state index in [1.54, 1.807) is 4.90 Å². The predicted molar refractivity (Wildman–Crippen MR) is 77.6 cm³/mol. The summed E-state index contributed by atoms with van der Waals surface area (Å²) in [6.07, 6.45) is 9.55. The van der Waals surface area contributed by atoms with Gasteiger partial charge < -0.3 is 10.0 Å². The van der Waals surface area contributed by atoms with Crippen LogP contribution in [0.1, 0.15) is 57.8 Å². The van der Waals surface area contributed by atoms with Crippen LogP contribution in [0.3, 0.4) is 0 Å². The maximum absolute atomic E-state index is 13.2. The predicted octanol–water partition coefficient (Wildman–Crippen LogP) is 2.67. The first-order valence-corrected chi connectivity index (χ1v) is 8.61. The Morgan fingerprint density at radius 2 is 1.52 bits per heavy atom. The minimum absolute atomic E-state index is 0.189. The number of nitrogens with zero attached hydrogens (tertiary/aromatic N) is 1. The van der Waals surface area contributed by atoms with Gasteiger partial charge in [0.25, 0.3) is 0 Å². The Balaban J connectivity index is 1.60. The van der Waals surface area contributed by atoms with Crippen molar-refractivity contribution in [3.63, 3.8) is 0 Å². The van der Waals surface area contributed by atoms with Crippen LogP contribution in [0.15, 0.2) is 0 Å². The Morgan fingerprint density at radius 1 is 0.952 bits per heavy atom. The smallest absolute Gasteiger partial charge is 0.326 e. The molecule has 5 aliphatic rings. The van der Waals surface area contributed by atoms with E-state index in [1.807, 2.05) is 0 Å². The van der Waals surface area contributed by atoms with Crippen molar-refractivity contribution in [2.45, 2.75) is 63.8 Å². The molecule has 1 aliphatic heterocycles. The van der Waals surface area contributed by atoms with Gasteiger partial charge in [0.2, 0.25) is 5.91 Å². The highest BCUT2D eigenvalue weighted by Crippen LogP contribution is 2.60. The summed E-state index contributed by atoms with van der Waals surface area (Å²) < 4.78 is 0. The monoisotopic (exact) mass is 291 g/mol. The lowest BCUT2D eigenvalue weighted by Crippen LogP contribution is -2.58. The minimum atomic E-state index is -0.812. The number of hydrogen-bond donors (Lipinski definition) is 1. The van der Waals surface area contributed by atoms with Gasteiger partial charge in [0.05, 0.1) is 5.41 Å². The second kappa shape index (κ2) is 4.72. The van der Waals surface area contributed by atoms with Gasteiger partial charge in [-0.15, -0.1) is 0 Å². The van der Waals surface area contributed by atoms with Gasteiger partial charge in [-0.3, -0.25) is 4.79 Å². The van der Waals surface area contributed by atoms with Crippen LogP contribution >= 0.6 is 0 Å². The van der Waals surface area contributed by atoms with Gasteiger partial charge in [-0.05, 0) is 75.5 Å². The fourth-order valence-electron chi connectivity index (χ4n) is 6.11. The number of carbonyl (C=O) groups is 2. The van der Waals surface area contributed by atoms with Crippen LogP contribution in [-0.2, 0) is 9.59 Å². The third-order valence-corrected chi connectivity index (χ3v) is 6.54. The number of hydrogen-bond acceptors (Lipinski definition) is 2. The van der Waals surface area contributed by atoms with Gasteiger partial charge >= 0.3 is 5.97 Å². The van der Waals surface area contributed by atoms with E-state index in [9.17, 15) is 14.7 Å². The average Bonchev–Trinajstić information content (AvgIpc) is 2.45. The molecule has 0 spiro atoms. The SMILES string of the molecule is O=C(O)[C@H]1CCCCN1C(=O)C12CC3CC(CC(C3)C1)C2. The van der Waals surface area contributed by atoms with Gasteiger partial charge in [-0.1, -0.05) is 0 Å². The van der Waals surface area contributed by atoms with Gasteiger partial charge in [-0.25, -0.2) is 4.79 Å². The lowest BCUT2D eigenvalue weighted by Gasteiger charge is -2.57. The third kappa shape index (κ3) is 2.09. The summed E-state index contributed by atoms with van der Waals surface area (Å²) in [4.78, 5) is 26.5. The maximum atomic E-state index is 13.2. The van der Waals surface area contributed by atoms with Crippen LogP contribution in [0.5, 0.6) is 0 Å². The van der Waals surface area contributed by atoms with Crippen LogP contribution in [0.25, 0.3) is 0 Å². The highest BCUT2D eigenvalue weighted by molar-refractivity contribution is 5.88. The van der Waals surface area contributed by atoms with Crippen LogP contribution in [0, 0.1) is 23.2 Å². The molecule has 0 aromatic carbocycles. The number of carbonyl (C=O) groups excluding carboxylic acids is 1. The number of rotatable bonds is 2. The first-order chi connectivity index (χ1) is 10.1. The molecule has 1 atom stereocenters. The molecule has 0 unspecified atom stereocenters. The summed E-state index contributed by atoms with van der Waals surface area (Å²) in [6.45, 7) is 0.650. The van der Waals surface area contributed by atoms with E-state index in [1.165, 1.54) is 19.3 Å². The van der Waals surface area contributed by atoms with E-state index in [4.69, 9.17) is 0 Å². The Labute approximate surface area is 125 Å². The van der Waals surface area contributed by atoms with E-state index >= 15 is 0 Å². The molecule has 0 aromatic heterocycles. The van der Waals surface area contributed by atoms with Crippen molar-refractivity contribution >= 4 is 11.9 Å². The first-order valence-electron chi connectivity index (χ1n) is 8.61. The normalized spacial score (nSPS) is 44.9. The fraction of sp³-hybridized carbons (Fsp3) is 0.882. The van der Waals surface area contributed by atoms with E-state index in [2.05, 4.69) is 0 Å². The van der Waals surface area contributed by atoms with Gasteiger partial charge in [0.1, 0.15) is 6.04 Å². The van der Waals surface area contributed by atoms with Crippen molar-refractivity contribution in [2.24, 2.45) is 23.2 Å². The van der Waals surface area contributed by atoms with Gasteiger partial charge in [0, 0.05) is 6.54 Å². The number of likely N-dealkylation sites (tertiary alicyclic amines) is 1. The van der Waals surface area contributed by atoms with E-state index in [0.717, 1.165) is 49.9 Å². The number of carboxylic acid groups (broad SMARTS) is 1. The Morgan fingerprint density at radius 3 is 2.05 bits per heavy atom. The molecule has 4 nitrogen and oxygen atoms in total. The van der Waals surface area contributed by atoms with E-state index < -0.39 is 12.0 Å². The topological polar surface area (TPSA) is 57.6 Å². The van der Waals surface area contributed by atoms with E-state index in [-0.39, 0.29) is 11.3 Å². The van der Waals surface area contributed by atoms with E-state index in [0.29, 0.717) is 13.0 Å². The quantitative estimate of drug-likeness (QED) is 0.851. The summed E-state index contributed by atoms with van der Waals surface area (Å²) in [5, 5.41) is 9.45. The fourth-order valence-corrected chi connectivity index (χ4v) is 6.11. The standard InChI is InChI=1S/C17H25NO3/c19-15(20)14-3-1-2-4-18(14)16(21)17-8-11-5-12(9-17)7-13(6-11)10-17/h11-14H,1-10H2,(H,19,20)/t11?,12?,13?,14-,17?/m1/s1. The summed E-state index contributed by atoms with van der Waals surface area (Å²) in [5.74, 6) is 1.57. The van der Waals surface area contributed by atoms with Gasteiger partial charge in [-0.2, -0.15) is 0 Å². The van der Waals surface area contributed by atoms with Crippen LogP contribution < -0.4 is 0 Å². The number of carboxylic acids is 1. The molecule has 1 saturated heterocycles. The molecule has 5 rings (SSSR count). The molecule has 1 heterocycles. The molecule has 1 amide bonds. The molecule has 21 heavy (non-hydrogen) atoms. The molecule has 4 aliphatic carbocycles. The summed E-state index contributed by atoms with van der Waals surface area (Å²) >= 11 is 0. The number of piperidine rings is 1. The van der Waals surface area contributed by atoms with Crippen molar-refractivity contribution < 1.29 is 14.7 Å². The zero-order chi connectivity index (χ0) is 14.6. The largest absolute Gasteiger partial charge is 0.480 e. The highest BCUT2D eigenvalue weighted by Gasteiger charge is 2.56. The summed E-state index contributed by atoms with van der Waals surface area (Å²) in [5.41, 5.74) is -0.195. The molecule has 0 aromatic rings. The Hall–Kier alpha value is -1.06. The van der Waals surface area contributed by atoms with Crippen molar-refractivity contribution in [3.8, 4) is 0 Å². The Bertz CT molecular complexity index is 437. The summed E-state index contributed by atoms with van der Waals surface area (Å²) in [7, 11) is 0. The van der Waals surface area contributed by atoms with Crippen molar-refractivity contribution in [2.75, 3.05) is 6.54 Å². The Kier molecular flexibility index (Phi) is 3.05. The first kappa shape index (κ1) is 13.6. The lowest BCUT2D eigenvalue weighted by atomic mass is 9.49. The zero-order valence-electron chi connectivity index (χ0n) is 12.6. The molecule has 4 bridgehead atoms. The third-order valence-electron chi connectivity index (χ3n) is 6.54. The second-order valence-corrected chi connectivity index (χ2v) is 8.05. The van der Waals surface area contributed by atoms with Gasteiger partial charge in [0.15, 0.2) is 0 Å². The lowest BCUT2D eigenvalue weighted by molar-refractivity contribution is -0.167. The molecular weight excluding hydrogens is 266 g/mol. The molecular formula is C17H25NO3. The molecule has 0 radical (unpaired) electrons. The molecule has 4 heteroatoms.